The van der Waals surface area contributed by atoms with Gasteiger partial charge in [-0.3, -0.25) is 9.69 Å². The quantitative estimate of drug-likeness (QED) is 0.349. The Labute approximate surface area is 215 Å². The zero-order valence-electron chi connectivity index (χ0n) is 20.5. The molecule has 4 aromatic carbocycles. The molecule has 1 saturated heterocycles. The number of fused-ring (bicyclic) bond motifs is 3. The van der Waals surface area contributed by atoms with Crippen molar-refractivity contribution in [2.45, 2.75) is 32.0 Å². The summed E-state index contributed by atoms with van der Waals surface area (Å²) in [7, 11) is 0. The van der Waals surface area contributed by atoms with Gasteiger partial charge in [0.2, 0.25) is 6.79 Å². The van der Waals surface area contributed by atoms with Crippen molar-refractivity contribution in [3.8, 4) is 22.6 Å². The third-order valence-corrected chi connectivity index (χ3v) is 7.94. The normalized spacial score (nSPS) is 17.5. The predicted molar refractivity (Wildman–Crippen MR) is 140 cm³/mol. The molecule has 37 heavy (non-hydrogen) atoms. The first-order valence-electron chi connectivity index (χ1n) is 12.9. The van der Waals surface area contributed by atoms with Crippen LogP contribution in [0.15, 0.2) is 72.8 Å². The molecule has 6 heteroatoms. The predicted octanol–water partition coefficient (Wildman–Crippen LogP) is 6.00. The van der Waals surface area contributed by atoms with Gasteiger partial charge in [0.15, 0.2) is 11.5 Å². The van der Waals surface area contributed by atoms with Crippen molar-refractivity contribution in [2.24, 2.45) is 0 Å². The van der Waals surface area contributed by atoms with Gasteiger partial charge in [-0.05, 0) is 76.2 Å². The number of hydrogen-bond acceptors (Lipinski definition) is 4. The second-order valence-electron chi connectivity index (χ2n) is 10.1. The van der Waals surface area contributed by atoms with E-state index >= 15 is 0 Å². The lowest BCUT2D eigenvalue weighted by Gasteiger charge is -2.36. The van der Waals surface area contributed by atoms with Gasteiger partial charge in [0, 0.05) is 37.8 Å². The van der Waals surface area contributed by atoms with Gasteiger partial charge in [-0.25, -0.2) is 4.39 Å². The first-order chi connectivity index (χ1) is 18.1. The summed E-state index contributed by atoms with van der Waals surface area (Å²) >= 11 is 0. The summed E-state index contributed by atoms with van der Waals surface area (Å²) in [5.41, 5.74) is 4.94. The van der Waals surface area contributed by atoms with Crippen LogP contribution in [0.2, 0.25) is 0 Å². The molecular formula is C31H27FN2O3. The third kappa shape index (κ3) is 3.92. The van der Waals surface area contributed by atoms with Gasteiger partial charge in [-0.2, -0.15) is 0 Å². The molecule has 0 bridgehead atoms. The van der Waals surface area contributed by atoms with Crippen molar-refractivity contribution in [3.63, 3.8) is 0 Å². The number of piperidine rings is 1. The van der Waals surface area contributed by atoms with Crippen LogP contribution in [0.5, 0.6) is 11.5 Å². The third-order valence-electron chi connectivity index (χ3n) is 7.94. The van der Waals surface area contributed by atoms with Crippen molar-refractivity contribution >= 4 is 16.7 Å². The molecule has 5 nitrogen and oxygen atoms in total. The number of ether oxygens (including phenoxy) is 2. The Morgan fingerprint density at radius 3 is 2.38 bits per heavy atom. The van der Waals surface area contributed by atoms with Crippen molar-refractivity contribution in [2.75, 3.05) is 19.9 Å². The molecule has 0 saturated carbocycles. The molecule has 1 amide bonds. The first-order valence-corrected chi connectivity index (χ1v) is 12.9. The molecule has 0 N–H and O–H groups in total. The minimum absolute atomic E-state index is 0.0828. The Bertz CT molecular complexity index is 1500. The standard InChI is InChI=1S/C31H27FN2O3/c32-23-8-6-21(7-9-23)30-25-16-29-28(36-19-37-29)15-22(25)14-26-27(30)18-34(31(26)35)24-10-12-33(13-11-24)17-20-4-2-1-3-5-20/h1-9,14-16,24H,10-13,17-19H2. The molecule has 186 valence electrons. The second-order valence-corrected chi connectivity index (χ2v) is 10.1. The largest absolute Gasteiger partial charge is 0.454 e. The molecule has 3 aliphatic rings. The number of nitrogens with zero attached hydrogens (tertiary/aromatic N) is 2. The van der Waals surface area contributed by atoms with E-state index in [1.165, 1.54) is 17.7 Å². The van der Waals surface area contributed by atoms with E-state index in [2.05, 4.69) is 34.1 Å². The minimum Gasteiger partial charge on any atom is -0.454 e. The molecule has 3 heterocycles. The van der Waals surface area contributed by atoms with Gasteiger partial charge >= 0.3 is 0 Å². The fourth-order valence-electron chi connectivity index (χ4n) is 6.06. The van der Waals surface area contributed by atoms with Crippen LogP contribution in [0.4, 0.5) is 4.39 Å². The number of amides is 1. The second kappa shape index (κ2) is 8.89. The smallest absolute Gasteiger partial charge is 0.254 e. The van der Waals surface area contributed by atoms with Crippen molar-refractivity contribution in [1.29, 1.82) is 0 Å². The van der Waals surface area contributed by atoms with E-state index < -0.39 is 0 Å². The van der Waals surface area contributed by atoms with Crippen molar-refractivity contribution < 1.29 is 18.7 Å². The Balaban J connectivity index is 1.22. The number of hydrogen-bond donors (Lipinski definition) is 0. The molecule has 7 rings (SSSR count). The average Bonchev–Trinajstić information content (AvgIpc) is 3.51. The van der Waals surface area contributed by atoms with Gasteiger partial charge in [0.1, 0.15) is 5.82 Å². The molecule has 0 radical (unpaired) electrons. The molecule has 0 aliphatic carbocycles. The van der Waals surface area contributed by atoms with Crippen molar-refractivity contribution in [3.05, 3.63) is 95.3 Å². The zero-order valence-corrected chi connectivity index (χ0v) is 20.5. The highest BCUT2D eigenvalue weighted by Gasteiger charge is 2.37. The number of likely N-dealkylation sites (tertiary alicyclic amines) is 1. The van der Waals surface area contributed by atoms with Gasteiger partial charge in [-0.15, -0.1) is 0 Å². The van der Waals surface area contributed by atoms with Crippen LogP contribution < -0.4 is 9.47 Å². The monoisotopic (exact) mass is 494 g/mol. The first kappa shape index (κ1) is 22.3. The Morgan fingerprint density at radius 2 is 1.62 bits per heavy atom. The summed E-state index contributed by atoms with van der Waals surface area (Å²) < 4.78 is 25.1. The lowest BCUT2D eigenvalue weighted by atomic mass is 9.90. The van der Waals surface area contributed by atoms with E-state index in [0.29, 0.717) is 18.0 Å². The van der Waals surface area contributed by atoms with Crippen LogP contribution in [-0.4, -0.2) is 41.6 Å². The highest BCUT2D eigenvalue weighted by Crippen LogP contribution is 2.45. The Hall–Kier alpha value is -3.90. The summed E-state index contributed by atoms with van der Waals surface area (Å²) in [5.74, 6) is 1.19. The van der Waals surface area contributed by atoms with Crippen molar-refractivity contribution in [1.82, 2.24) is 9.80 Å². The molecule has 0 atom stereocenters. The SMILES string of the molecule is O=C1c2cc3cc4c(cc3c(-c3ccc(F)cc3)c2CN1C1CCN(Cc2ccccc2)CC1)OCO4. The zero-order chi connectivity index (χ0) is 24.9. The molecule has 0 spiro atoms. The summed E-state index contributed by atoms with van der Waals surface area (Å²) in [4.78, 5) is 18.3. The average molecular weight is 495 g/mol. The van der Waals surface area contributed by atoms with Gasteiger partial charge < -0.3 is 14.4 Å². The molecule has 4 aromatic rings. The van der Waals surface area contributed by atoms with Gasteiger partial charge in [0.05, 0.1) is 0 Å². The highest BCUT2D eigenvalue weighted by molar-refractivity contribution is 6.10. The van der Waals surface area contributed by atoms with Crippen LogP contribution in [0, 0.1) is 5.82 Å². The highest BCUT2D eigenvalue weighted by atomic mass is 19.1. The molecule has 3 aliphatic heterocycles. The van der Waals surface area contributed by atoms with Crippen LogP contribution >= 0.6 is 0 Å². The molecular weight excluding hydrogens is 467 g/mol. The topological polar surface area (TPSA) is 42.0 Å². The van der Waals surface area contributed by atoms with E-state index in [1.54, 1.807) is 12.1 Å². The van der Waals surface area contributed by atoms with Crippen LogP contribution in [0.3, 0.4) is 0 Å². The van der Waals surface area contributed by atoms with Gasteiger partial charge in [-0.1, -0.05) is 42.5 Å². The van der Waals surface area contributed by atoms with Crippen LogP contribution in [-0.2, 0) is 13.1 Å². The maximum absolute atomic E-state index is 13.8. The maximum atomic E-state index is 13.8. The van der Waals surface area contributed by atoms with E-state index in [-0.39, 0.29) is 24.6 Å². The molecule has 0 aromatic heterocycles. The van der Waals surface area contributed by atoms with Gasteiger partial charge in [0.25, 0.3) is 5.91 Å². The Kier molecular flexibility index (Phi) is 5.36. The van der Waals surface area contributed by atoms with Crippen LogP contribution in [0.1, 0.15) is 34.3 Å². The number of benzene rings is 4. The van der Waals surface area contributed by atoms with E-state index in [0.717, 1.165) is 65.5 Å². The summed E-state index contributed by atoms with van der Waals surface area (Å²) in [6.45, 7) is 3.62. The number of halogens is 1. The summed E-state index contributed by atoms with van der Waals surface area (Å²) in [6, 6.07) is 23.2. The maximum Gasteiger partial charge on any atom is 0.254 e. The Morgan fingerprint density at radius 1 is 0.892 bits per heavy atom. The minimum atomic E-state index is -0.279. The summed E-state index contributed by atoms with van der Waals surface area (Å²) in [6.07, 6.45) is 1.90. The molecule has 1 fully saturated rings. The lowest BCUT2D eigenvalue weighted by Crippen LogP contribution is -2.44. The van der Waals surface area contributed by atoms with Crippen LogP contribution in [0.25, 0.3) is 21.9 Å². The fraction of sp³-hybridized carbons (Fsp3) is 0.258. The lowest BCUT2D eigenvalue weighted by molar-refractivity contribution is 0.0590. The number of rotatable bonds is 4. The number of carbonyl (C=O) groups is 1. The fourth-order valence-corrected chi connectivity index (χ4v) is 6.06. The van der Waals surface area contributed by atoms with E-state index in [4.69, 9.17) is 9.47 Å². The van der Waals surface area contributed by atoms with E-state index in [1.807, 2.05) is 24.3 Å². The number of carbonyl (C=O) groups excluding carboxylic acids is 1. The summed E-state index contributed by atoms with van der Waals surface area (Å²) in [5, 5.41) is 1.91. The van der Waals surface area contributed by atoms with E-state index in [9.17, 15) is 9.18 Å². The molecule has 0 unspecified atom stereocenters.